The van der Waals surface area contributed by atoms with Crippen molar-refractivity contribution < 1.29 is 13.6 Å². The van der Waals surface area contributed by atoms with E-state index in [-0.39, 0.29) is 11.5 Å². The number of benzene rings is 1. The highest BCUT2D eigenvalue weighted by atomic mass is 32.2. The SMILES string of the molecule is O=C1N=C(N2CCCCC2)S/C1=C\c1ccc(F)cc1F. The molecule has 3 nitrogen and oxygen atoms in total. The number of rotatable bonds is 1. The molecule has 2 aliphatic heterocycles. The molecule has 21 heavy (non-hydrogen) atoms. The highest BCUT2D eigenvalue weighted by Crippen LogP contribution is 2.31. The minimum atomic E-state index is -0.678. The fourth-order valence-electron chi connectivity index (χ4n) is 2.38. The Labute approximate surface area is 125 Å². The number of hydrogen-bond donors (Lipinski definition) is 0. The summed E-state index contributed by atoms with van der Waals surface area (Å²) in [5.41, 5.74) is 0.197. The van der Waals surface area contributed by atoms with Gasteiger partial charge in [0.05, 0.1) is 4.91 Å². The maximum Gasteiger partial charge on any atom is 0.286 e. The lowest BCUT2D eigenvalue weighted by Gasteiger charge is -2.27. The van der Waals surface area contributed by atoms with Crippen LogP contribution < -0.4 is 0 Å². The largest absolute Gasteiger partial charge is 0.351 e. The van der Waals surface area contributed by atoms with Crippen LogP contribution in [0.25, 0.3) is 6.08 Å². The van der Waals surface area contributed by atoms with Gasteiger partial charge in [-0.05, 0) is 49.2 Å². The number of carbonyl (C=O) groups is 1. The zero-order valence-electron chi connectivity index (χ0n) is 11.3. The van der Waals surface area contributed by atoms with Gasteiger partial charge in [0.25, 0.3) is 5.91 Å². The van der Waals surface area contributed by atoms with Gasteiger partial charge in [0.2, 0.25) is 0 Å². The van der Waals surface area contributed by atoms with Crippen LogP contribution in [0.4, 0.5) is 8.78 Å². The quantitative estimate of drug-likeness (QED) is 0.745. The van der Waals surface area contributed by atoms with Crippen molar-refractivity contribution in [3.05, 3.63) is 40.3 Å². The van der Waals surface area contributed by atoms with E-state index in [9.17, 15) is 13.6 Å². The molecule has 2 heterocycles. The molecule has 1 aromatic rings. The third kappa shape index (κ3) is 3.15. The number of halogens is 2. The molecule has 0 bridgehead atoms. The van der Waals surface area contributed by atoms with Crippen molar-refractivity contribution in [3.63, 3.8) is 0 Å². The number of likely N-dealkylation sites (tertiary alicyclic amines) is 1. The molecule has 1 saturated heterocycles. The average Bonchev–Trinajstić information content (AvgIpc) is 2.84. The van der Waals surface area contributed by atoms with Crippen LogP contribution in [-0.4, -0.2) is 29.1 Å². The van der Waals surface area contributed by atoms with Crippen molar-refractivity contribution in [1.29, 1.82) is 0 Å². The summed E-state index contributed by atoms with van der Waals surface area (Å²) in [7, 11) is 0. The van der Waals surface area contributed by atoms with Gasteiger partial charge in [0.15, 0.2) is 5.17 Å². The molecule has 0 atom stereocenters. The standard InChI is InChI=1S/C15H14F2N2OS/c16-11-5-4-10(12(17)9-11)8-13-14(20)18-15(21-13)19-6-2-1-3-7-19/h4-5,8-9H,1-3,6-7H2/b13-8-. The molecular formula is C15H14F2N2OS. The van der Waals surface area contributed by atoms with E-state index in [1.165, 1.54) is 36.4 Å². The normalized spacial score (nSPS) is 21.0. The highest BCUT2D eigenvalue weighted by molar-refractivity contribution is 8.18. The summed E-state index contributed by atoms with van der Waals surface area (Å²) in [5, 5.41) is 0.688. The second-order valence-electron chi connectivity index (χ2n) is 5.02. The summed E-state index contributed by atoms with van der Waals surface area (Å²) >= 11 is 1.26. The van der Waals surface area contributed by atoms with Gasteiger partial charge in [-0.1, -0.05) is 0 Å². The monoisotopic (exact) mass is 308 g/mol. The van der Waals surface area contributed by atoms with Crippen LogP contribution in [0.15, 0.2) is 28.1 Å². The zero-order valence-corrected chi connectivity index (χ0v) is 12.1. The lowest BCUT2D eigenvalue weighted by molar-refractivity contribution is -0.113. The first-order chi connectivity index (χ1) is 10.1. The Morgan fingerprint density at radius 1 is 1.19 bits per heavy atom. The van der Waals surface area contributed by atoms with Gasteiger partial charge in [-0.25, -0.2) is 8.78 Å². The molecule has 2 aliphatic rings. The summed E-state index contributed by atoms with van der Waals surface area (Å²) in [6, 6.07) is 3.30. The fraction of sp³-hybridized carbons (Fsp3) is 0.333. The zero-order chi connectivity index (χ0) is 14.8. The number of nitrogens with zero attached hydrogens (tertiary/aromatic N) is 2. The molecule has 6 heteroatoms. The van der Waals surface area contributed by atoms with Crippen LogP contribution in [0.5, 0.6) is 0 Å². The number of amidine groups is 1. The smallest absolute Gasteiger partial charge is 0.286 e. The van der Waals surface area contributed by atoms with Gasteiger partial charge >= 0.3 is 0 Å². The molecule has 1 aromatic carbocycles. The second kappa shape index (κ2) is 5.97. The third-order valence-electron chi connectivity index (χ3n) is 3.48. The lowest BCUT2D eigenvalue weighted by atomic mass is 10.1. The first kappa shape index (κ1) is 14.3. The van der Waals surface area contributed by atoms with Crippen molar-refractivity contribution in [2.24, 2.45) is 4.99 Å². The summed E-state index contributed by atoms with van der Waals surface area (Å²) < 4.78 is 26.5. The average molecular weight is 308 g/mol. The van der Waals surface area contributed by atoms with E-state index in [1.54, 1.807) is 0 Å². The van der Waals surface area contributed by atoms with E-state index in [4.69, 9.17) is 0 Å². The van der Waals surface area contributed by atoms with Crippen molar-refractivity contribution in [2.75, 3.05) is 13.1 Å². The number of amides is 1. The molecule has 0 radical (unpaired) electrons. The van der Waals surface area contributed by atoms with Gasteiger partial charge < -0.3 is 4.90 Å². The summed E-state index contributed by atoms with van der Waals surface area (Å²) in [6.07, 6.45) is 4.83. The molecule has 0 aromatic heterocycles. The predicted octanol–water partition coefficient (Wildman–Crippen LogP) is 3.42. The van der Waals surface area contributed by atoms with Gasteiger partial charge in [0.1, 0.15) is 11.6 Å². The van der Waals surface area contributed by atoms with E-state index in [1.807, 2.05) is 0 Å². The van der Waals surface area contributed by atoms with Crippen molar-refractivity contribution in [3.8, 4) is 0 Å². The topological polar surface area (TPSA) is 32.7 Å². The number of carbonyl (C=O) groups excluding carboxylic acids is 1. The number of hydrogen-bond acceptors (Lipinski definition) is 3. The highest BCUT2D eigenvalue weighted by Gasteiger charge is 2.27. The van der Waals surface area contributed by atoms with Crippen molar-refractivity contribution in [2.45, 2.75) is 19.3 Å². The van der Waals surface area contributed by atoms with Crippen LogP contribution in [0.3, 0.4) is 0 Å². The molecule has 1 fully saturated rings. The number of aliphatic imine (C=N–C) groups is 1. The second-order valence-corrected chi connectivity index (χ2v) is 6.03. The van der Waals surface area contributed by atoms with Gasteiger partial charge in [-0.3, -0.25) is 4.79 Å². The molecular weight excluding hydrogens is 294 g/mol. The van der Waals surface area contributed by atoms with Crippen molar-refractivity contribution in [1.82, 2.24) is 4.90 Å². The Morgan fingerprint density at radius 3 is 2.67 bits per heavy atom. The Bertz CT molecular complexity index is 637. The van der Waals surface area contributed by atoms with Crippen LogP contribution in [-0.2, 0) is 4.79 Å². The van der Waals surface area contributed by atoms with Gasteiger partial charge in [-0.15, -0.1) is 0 Å². The molecule has 0 unspecified atom stereocenters. The molecule has 1 amide bonds. The van der Waals surface area contributed by atoms with E-state index in [2.05, 4.69) is 9.89 Å². The lowest BCUT2D eigenvalue weighted by Crippen LogP contribution is -2.33. The molecule has 3 rings (SSSR count). The summed E-state index contributed by atoms with van der Waals surface area (Å²) in [5.74, 6) is -1.67. The molecule has 0 N–H and O–H groups in total. The van der Waals surface area contributed by atoms with Crippen LogP contribution >= 0.6 is 11.8 Å². The van der Waals surface area contributed by atoms with E-state index >= 15 is 0 Å². The van der Waals surface area contributed by atoms with E-state index in [0.29, 0.717) is 10.1 Å². The first-order valence-corrected chi connectivity index (χ1v) is 7.68. The van der Waals surface area contributed by atoms with Crippen molar-refractivity contribution >= 4 is 28.9 Å². The summed E-state index contributed by atoms with van der Waals surface area (Å²) in [4.78, 5) is 18.4. The van der Waals surface area contributed by atoms with Crippen LogP contribution in [0.2, 0.25) is 0 Å². The molecule has 110 valence electrons. The third-order valence-corrected chi connectivity index (χ3v) is 4.53. The van der Waals surface area contributed by atoms with Crippen LogP contribution in [0.1, 0.15) is 24.8 Å². The Hall–Kier alpha value is -1.69. The van der Waals surface area contributed by atoms with Gasteiger partial charge in [0, 0.05) is 24.7 Å². The molecule has 0 spiro atoms. The van der Waals surface area contributed by atoms with Gasteiger partial charge in [-0.2, -0.15) is 4.99 Å². The number of thioether (sulfide) groups is 1. The van der Waals surface area contributed by atoms with E-state index in [0.717, 1.165) is 32.0 Å². The van der Waals surface area contributed by atoms with Crippen LogP contribution in [0, 0.1) is 11.6 Å². The molecule has 0 aliphatic carbocycles. The first-order valence-electron chi connectivity index (χ1n) is 6.86. The minimum Gasteiger partial charge on any atom is -0.351 e. The summed E-state index contributed by atoms with van der Waals surface area (Å²) in [6.45, 7) is 1.80. The Balaban J connectivity index is 1.79. The number of piperidine rings is 1. The van der Waals surface area contributed by atoms with E-state index < -0.39 is 11.6 Å². The molecule has 0 saturated carbocycles. The maximum atomic E-state index is 13.6. The Kier molecular flexibility index (Phi) is 4.05. The maximum absolute atomic E-state index is 13.6. The Morgan fingerprint density at radius 2 is 1.95 bits per heavy atom. The predicted molar refractivity (Wildman–Crippen MR) is 79.8 cm³/mol. The minimum absolute atomic E-state index is 0.197. The fourth-order valence-corrected chi connectivity index (χ4v) is 3.33.